The molecule has 0 unspecified atom stereocenters. The number of sulfonamides is 1. The smallest absolute Gasteiger partial charge is 0.243 e. The zero-order chi connectivity index (χ0) is 15.8. The molecule has 0 saturated carbocycles. The maximum Gasteiger partial charge on any atom is 0.243 e. The van der Waals surface area contributed by atoms with E-state index in [1.807, 2.05) is 6.92 Å². The van der Waals surface area contributed by atoms with Crippen molar-refractivity contribution >= 4 is 39.1 Å². The Hall–Kier alpha value is -0.820. The van der Waals surface area contributed by atoms with Crippen LogP contribution in [0.1, 0.15) is 19.8 Å². The molecule has 116 valence electrons. The van der Waals surface area contributed by atoms with E-state index < -0.39 is 21.8 Å². The van der Waals surface area contributed by atoms with E-state index in [1.165, 1.54) is 22.5 Å². The van der Waals surface area contributed by atoms with Gasteiger partial charge in [-0.2, -0.15) is 4.31 Å². The predicted octanol–water partition coefficient (Wildman–Crippen LogP) is 2.27. The standard InChI is InChI=1S/C13H16Cl2N2O3S/c1-8-2-3-9(13(16)18)7-17(8)21(19,20)10-4-5-11(14)12(15)6-10/h4-6,8-9H,2-3,7H2,1H3,(H2,16,18)/t8-,9+/m0/s1. The molecular weight excluding hydrogens is 335 g/mol. The summed E-state index contributed by atoms with van der Waals surface area (Å²) in [7, 11) is -3.73. The molecule has 1 heterocycles. The maximum atomic E-state index is 12.7. The first-order valence-electron chi connectivity index (χ1n) is 6.49. The van der Waals surface area contributed by atoms with Crippen LogP contribution in [0.4, 0.5) is 0 Å². The molecule has 0 spiro atoms. The van der Waals surface area contributed by atoms with Gasteiger partial charge in [-0.05, 0) is 38.0 Å². The second-order valence-corrected chi connectivity index (χ2v) is 7.88. The number of carbonyl (C=O) groups is 1. The summed E-state index contributed by atoms with van der Waals surface area (Å²) in [6, 6.07) is 3.97. The van der Waals surface area contributed by atoms with Crippen molar-refractivity contribution in [1.29, 1.82) is 0 Å². The second-order valence-electron chi connectivity index (χ2n) is 5.18. The van der Waals surface area contributed by atoms with E-state index in [-0.39, 0.29) is 27.5 Å². The molecule has 8 heteroatoms. The van der Waals surface area contributed by atoms with E-state index in [9.17, 15) is 13.2 Å². The fourth-order valence-corrected chi connectivity index (χ4v) is 4.51. The monoisotopic (exact) mass is 350 g/mol. The van der Waals surface area contributed by atoms with Gasteiger partial charge in [0.05, 0.1) is 20.9 Å². The van der Waals surface area contributed by atoms with Crippen LogP contribution in [0.2, 0.25) is 10.0 Å². The van der Waals surface area contributed by atoms with Gasteiger partial charge in [-0.3, -0.25) is 4.79 Å². The molecule has 1 aromatic carbocycles. The normalized spacial score (nSPS) is 24.0. The van der Waals surface area contributed by atoms with Crippen LogP contribution in [0.15, 0.2) is 23.1 Å². The first-order chi connectivity index (χ1) is 9.73. The Morgan fingerprint density at radius 2 is 1.95 bits per heavy atom. The van der Waals surface area contributed by atoms with Crippen molar-refractivity contribution in [2.24, 2.45) is 11.7 Å². The lowest BCUT2D eigenvalue weighted by Crippen LogP contribution is -2.48. The first-order valence-corrected chi connectivity index (χ1v) is 8.69. The van der Waals surface area contributed by atoms with Crippen LogP contribution in [-0.2, 0) is 14.8 Å². The lowest BCUT2D eigenvalue weighted by Gasteiger charge is -2.35. The summed E-state index contributed by atoms with van der Waals surface area (Å²) in [5.74, 6) is -0.935. The Bertz CT molecular complexity index is 663. The Kier molecular flexibility index (Phi) is 4.82. The van der Waals surface area contributed by atoms with Crippen molar-refractivity contribution in [3.8, 4) is 0 Å². The Balaban J connectivity index is 2.36. The van der Waals surface area contributed by atoms with Gasteiger partial charge in [0.2, 0.25) is 15.9 Å². The number of halogens is 2. The van der Waals surface area contributed by atoms with Crippen LogP contribution in [0.25, 0.3) is 0 Å². The highest BCUT2D eigenvalue weighted by atomic mass is 35.5. The van der Waals surface area contributed by atoms with Gasteiger partial charge in [-0.1, -0.05) is 23.2 Å². The van der Waals surface area contributed by atoms with E-state index in [1.54, 1.807) is 0 Å². The summed E-state index contributed by atoms with van der Waals surface area (Å²) in [6.45, 7) is 1.91. The van der Waals surface area contributed by atoms with Crippen molar-refractivity contribution < 1.29 is 13.2 Å². The number of piperidine rings is 1. The number of hydrogen-bond donors (Lipinski definition) is 1. The highest BCUT2D eigenvalue weighted by Crippen LogP contribution is 2.31. The molecule has 0 aromatic heterocycles. The second kappa shape index (κ2) is 6.12. The van der Waals surface area contributed by atoms with E-state index in [4.69, 9.17) is 28.9 Å². The molecule has 1 aliphatic heterocycles. The minimum Gasteiger partial charge on any atom is -0.369 e. The Morgan fingerprint density at radius 1 is 1.29 bits per heavy atom. The summed E-state index contributed by atoms with van der Waals surface area (Å²) >= 11 is 11.7. The van der Waals surface area contributed by atoms with Crippen molar-refractivity contribution in [3.05, 3.63) is 28.2 Å². The molecular formula is C13H16Cl2N2O3S. The lowest BCUT2D eigenvalue weighted by molar-refractivity contribution is -0.123. The molecule has 2 atom stereocenters. The summed E-state index contributed by atoms with van der Waals surface area (Å²) in [6.07, 6.45) is 1.19. The summed E-state index contributed by atoms with van der Waals surface area (Å²) in [5, 5.41) is 0.464. The molecule has 0 radical (unpaired) electrons. The van der Waals surface area contributed by atoms with Gasteiger partial charge >= 0.3 is 0 Å². The van der Waals surface area contributed by atoms with Crippen LogP contribution in [0.5, 0.6) is 0 Å². The molecule has 1 aromatic rings. The molecule has 1 aliphatic rings. The maximum absolute atomic E-state index is 12.7. The SMILES string of the molecule is C[C@H]1CC[C@@H](C(N)=O)CN1S(=O)(=O)c1ccc(Cl)c(Cl)c1. The van der Waals surface area contributed by atoms with E-state index >= 15 is 0 Å². The average molecular weight is 351 g/mol. The van der Waals surface area contributed by atoms with Gasteiger partial charge in [0.25, 0.3) is 0 Å². The third kappa shape index (κ3) is 3.34. The van der Waals surface area contributed by atoms with Crippen molar-refractivity contribution in [2.75, 3.05) is 6.54 Å². The first kappa shape index (κ1) is 16.5. The highest BCUT2D eigenvalue weighted by molar-refractivity contribution is 7.89. The topological polar surface area (TPSA) is 80.5 Å². The number of nitrogens with two attached hydrogens (primary N) is 1. The molecule has 1 fully saturated rings. The van der Waals surface area contributed by atoms with Crippen LogP contribution in [0, 0.1) is 5.92 Å². The molecule has 21 heavy (non-hydrogen) atoms. The fourth-order valence-electron chi connectivity index (χ4n) is 2.41. The fraction of sp³-hybridized carbons (Fsp3) is 0.462. The molecule has 5 nitrogen and oxygen atoms in total. The van der Waals surface area contributed by atoms with Gasteiger partial charge in [0.15, 0.2) is 0 Å². The molecule has 0 bridgehead atoms. The van der Waals surface area contributed by atoms with Crippen molar-refractivity contribution in [3.63, 3.8) is 0 Å². The third-order valence-corrected chi connectivity index (χ3v) is 6.44. The lowest BCUT2D eigenvalue weighted by atomic mass is 9.95. The average Bonchev–Trinajstić information content (AvgIpc) is 2.41. The molecule has 1 amide bonds. The van der Waals surface area contributed by atoms with Crippen molar-refractivity contribution in [1.82, 2.24) is 4.31 Å². The number of nitrogens with zero attached hydrogens (tertiary/aromatic N) is 1. The number of hydrogen-bond acceptors (Lipinski definition) is 3. The number of amides is 1. The van der Waals surface area contributed by atoms with Gasteiger partial charge < -0.3 is 5.73 Å². The number of rotatable bonds is 3. The predicted molar refractivity (Wildman–Crippen MR) is 81.7 cm³/mol. The Labute approximate surface area is 134 Å². The summed E-state index contributed by atoms with van der Waals surface area (Å²) in [5.41, 5.74) is 5.30. The third-order valence-electron chi connectivity index (χ3n) is 3.72. The van der Waals surface area contributed by atoms with Crippen LogP contribution in [0.3, 0.4) is 0 Å². The van der Waals surface area contributed by atoms with Gasteiger partial charge in [0, 0.05) is 12.6 Å². The van der Waals surface area contributed by atoms with Crippen LogP contribution < -0.4 is 5.73 Å². The highest BCUT2D eigenvalue weighted by Gasteiger charge is 2.36. The number of carbonyl (C=O) groups excluding carboxylic acids is 1. The number of primary amides is 1. The molecule has 0 aliphatic carbocycles. The van der Waals surface area contributed by atoms with Crippen molar-refractivity contribution in [2.45, 2.75) is 30.7 Å². The van der Waals surface area contributed by atoms with E-state index in [0.717, 1.165) is 0 Å². The minimum atomic E-state index is -3.73. The summed E-state index contributed by atoms with van der Waals surface area (Å²) in [4.78, 5) is 11.4. The zero-order valence-corrected chi connectivity index (χ0v) is 13.7. The molecule has 2 rings (SSSR count). The zero-order valence-electron chi connectivity index (χ0n) is 11.4. The largest absolute Gasteiger partial charge is 0.369 e. The number of benzene rings is 1. The van der Waals surface area contributed by atoms with E-state index in [0.29, 0.717) is 12.8 Å². The van der Waals surface area contributed by atoms with Gasteiger partial charge in [0.1, 0.15) is 0 Å². The molecule has 1 saturated heterocycles. The minimum absolute atomic E-state index is 0.0638. The van der Waals surface area contributed by atoms with E-state index in [2.05, 4.69) is 0 Å². The van der Waals surface area contributed by atoms with Crippen LogP contribution >= 0.6 is 23.2 Å². The van der Waals surface area contributed by atoms with Crippen LogP contribution in [-0.4, -0.2) is 31.2 Å². The molecule has 2 N–H and O–H groups in total. The van der Waals surface area contributed by atoms with Gasteiger partial charge in [-0.15, -0.1) is 0 Å². The Morgan fingerprint density at radius 3 is 2.52 bits per heavy atom. The summed E-state index contributed by atoms with van der Waals surface area (Å²) < 4.78 is 26.7. The van der Waals surface area contributed by atoms with Gasteiger partial charge in [-0.25, -0.2) is 8.42 Å². The quantitative estimate of drug-likeness (QED) is 0.907.